The van der Waals surface area contributed by atoms with Gasteiger partial charge in [-0.15, -0.1) is 0 Å². The maximum atomic E-state index is 13.1. The van der Waals surface area contributed by atoms with Crippen LogP contribution >= 0.6 is 0 Å². The molecule has 7 nitrogen and oxygen atoms in total. The molecule has 2 N–H and O–H groups in total. The van der Waals surface area contributed by atoms with E-state index in [1.165, 1.54) is 0 Å². The fourth-order valence-electron chi connectivity index (χ4n) is 4.31. The van der Waals surface area contributed by atoms with Crippen LogP contribution in [0.3, 0.4) is 0 Å². The predicted molar refractivity (Wildman–Crippen MR) is 158 cm³/mol. The van der Waals surface area contributed by atoms with Gasteiger partial charge in [-0.2, -0.15) is 0 Å². The lowest BCUT2D eigenvalue weighted by Crippen LogP contribution is -2.40. The highest BCUT2D eigenvalue weighted by Crippen LogP contribution is 2.32. The van der Waals surface area contributed by atoms with Crippen molar-refractivity contribution in [2.75, 3.05) is 5.32 Å². The highest BCUT2D eigenvalue weighted by molar-refractivity contribution is 7.89. The third kappa shape index (κ3) is 6.20. The van der Waals surface area contributed by atoms with Crippen LogP contribution < -0.4 is 14.8 Å². The molecular weight excluding hydrogens is 522 g/mol. The molecule has 5 aromatic rings. The van der Waals surface area contributed by atoms with E-state index in [9.17, 15) is 13.2 Å². The molecule has 1 amide bonds. The minimum atomic E-state index is -3.75. The number of nitrogens with zero attached hydrogens (tertiary/aromatic N) is 1. The Labute approximate surface area is 233 Å². The van der Waals surface area contributed by atoms with E-state index < -0.39 is 15.6 Å². The summed E-state index contributed by atoms with van der Waals surface area (Å²) in [6.07, 6.45) is 3.51. The second-order valence-electron chi connectivity index (χ2n) is 10.4. The molecule has 8 heteroatoms. The number of para-hydroxylation sites is 2. The summed E-state index contributed by atoms with van der Waals surface area (Å²) >= 11 is 0. The standard InChI is InChI=1S/C32H29N3O4S/c1-32(2,3)35-40(37,38)30-11-7-4-8-27(30)23-12-14-24(15-13-23)31(36)34-28-9-5-6-10-29(28)39-26-17-16-22-18-19-33-21-25(22)20-26/h4-21,35H,1-3H3,(H,34,36). The highest BCUT2D eigenvalue weighted by atomic mass is 32.2. The number of pyridine rings is 1. The van der Waals surface area contributed by atoms with Gasteiger partial charge in [0.15, 0.2) is 5.75 Å². The van der Waals surface area contributed by atoms with Gasteiger partial charge in [-0.3, -0.25) is 9.78 Å². The highest BCUT2D eigenvalue weighted by Gasteiger charge is 2.24. The Kier molecular flexibility index (Phi) is 7.38. The number of aromatic nitrogens is 1. The number of anilines is 1. The van der Waals surface area contributed by atoms with Crippen molar-refractivity contribution in [2.24, 2.45) is 0 Å². The topological polar surface area (TPSA) is 97.4 Å². The van der Waals surface area contributed by atoms with E-state index >= 15 is 0 Å². The number of ether oxygens (including phenoxy) is 1. The lowest BCUT2D eigenvalue weighted by atomic mass is 10.0. The molecule has 0 bridgehead atoms. The largest absolute Gasteiger partial charge is 0.455 e. The van der Waals surface area contributed by atoms with Gasteiger partial charge in [0.1, 0.15) is 5.75 Å². The molecule has 0 aliphatic rings. The third-order valence-electron chi connectivity index (χ3n) is 6.05. The molecule has 1 heterocycles. The first-order valence-corrected chi connectivity index (χ1v) is 14.2. The SMILES string of the molecule is CC(C)(C)NS(=O)(=O)c1ccccc1-c1ccc(C(=O)Nc2ccccc2Oc2ccc3ccncc3c2)cc1. The maximum Gasteiger partial charge on any atom is 0.255 e. The molecule has 4 aromatic carbocycles. The van der Waals surface area contributed by atoms with Gasteiger partial charge < -0.3 is 10.1 Å². The summed E-state index contributed by atoms with van der Waals surface area (Å²) < 4.78 is 34.9. The summed E-state index contributed by atoms with van der Waals surface area (Å²) in [5.41, 5.74) is 1.55. The Balaban J connectivity index is 1.36. The Bertz CT molecular complexity index is 1790. The van der Waals surface area contributed by atoms with Crippen LogP contribution in [0, 0.1) is 0 Å². The van der Waals surface area contributed by atoms with Crippen molar-refractivity contribution in [2.45, 2.75) is 31.2 Å². The number of carbonyl (C=O) groups is 1. The zero-order valence-corrected chi connectivity index (χ0v) is 23.2. The van der Waals surface area contributed by atoms with Crippen LogP contribution in [0.5, 0.6) is 11.5 Å². The van der Waals surface area contributed by atoms with Crippen molar-refractivity contribution < 1.29 is 17.9 Å². The molecule has 0 fully saturated rings. The van der Waals surface area contributed by atoms with Crippen molar-refractivity contribution in [1.82, 2.24) is 9.71 Å². The number of rotatable bonds is 7. The summed E-state index contributed by atoms with van der Waals surface area (Å²) in [7, 11) is -3.75. The summed E-state index contributed by atoms with van der Waals surface area (Å²) in [5, 5.41) is 4.93. The number of sulfonamides is 1. The molecule has 40 heavy (non-hydrogen) atoms. The van der Waals surface area contributed by atoms with Crippen LogP contribution in [-0.4, -0.2) is 24.8 Å². The fourth-order valence-corrected chi connectivity index (χ4v) is 5.95. The minimum absolute atomic E-state index is 0.178. The summed E-state index contributed by atoms with van der Waals surface area (Å²) in [6.45, 7) is 5.38. The first kappa shape index (κ1) is 27.1. The number of benzene rings is 4. The van der Waals surface area contributed by atoms with E-state index in [4.69, 9.17) is 4.74 Å². The molecule has 0 atom stereocenters. The van der Waals surface area contributed by atoms with Gasteiger partial charge in [0.25, 0.3) is 5.91 Å². The van der Waals surface area contributed by atoms with Crippen molar-refractivity contribution in [1.29, 1.82) is 0 Å². The van der Waals surface area contributed by atoms with E-state index in [0.29, 0.717) is 33.9 Å². The lowest BCUT2D eigenvalue weighted by molar-refractivity contribution is 0.102. The Morgan fingerprint density at radius 1 is 0.825 bits per heavy atom. The van der Waals surface area contributed by atoms with Crippen LogP contribution in [0.25, 0.3) is 21.9 Å². The number of carbonyl (C=O) groups excluding carboxylic acids is 1. The molecule has 1 aromatic heterocycles. The summed E-state index contributed by atoms with van der Waals surface area (Å²) in [4.78, 5) is 17.5. The van der Waals surface area contributed by atoms with Crippen molar-refractivity contribution in [3.05, 3.63) is 115 Å². The van der Waals surface area contributed by atoms with E-state index in [1.807, 2.05) is 36.4 Å². The first-order valence-electron chi connectivity index (χ1n) is 12.7. The van der Waals surface area contributed by atoms with Gasteiger partial charge in [0, 0.05) is 34.4 Å². The van der Waals surface area contributed by atoms with Gasteiger partial charge in [-0.1, -0.05) is 48.5 Å². The Morgan fingerprint density at radius 3 is 2.33 bits per heavy atom. The van der Waals surface area contributed by atoms with E-state index in [0.717, 1.165) is 10.8 Å². The number of nitrogens with one attached hydrogen (secondary N) is 2. The van der Waals surface area contributed by atoms with Crippen molar-refractivity contribution >= 4 is 32.4 Å². The van der Waals surface area contributed by atoms with Crippen molar-refractivity contribution in [3.8, 4) is 22.6 Å². The van der Waals surface area contributed by atoms with Crippen LogP contribution in [0.15, 0.2) is 114 Å². The molecule has 0 spiro atoms. The Hall–Kier alpha value is -4.53. The van der Waals surface area contributed by atoms with Gasteiger partial charge >= 0.3 is 0 Å². The quantitative estimate of drug-likeness (QED) is 0.226. The average molecular weight is 552 g/mol. The molecule has 0 aliphatic carbocycles. The number of fused-ring (bicyclic) bond motifs is 1. The monoisotopic (exact) mass is 551 g/mol. The average Bonchev–Trinajstić information content (AvgIpc) is 2.93. The van der Waals surface area contributed by atoms with Gasteiger partial charge in [-0.05, 0) is 80.3 Å². The van der Waals surface area contributed by atoms with Gasteiger partial charge in [0.05, 0.1) is 10.6 Å². The predicted octanol–water partition coefficient (Wildman–Crippen LogP) is 7.02. The summed E-state index contributed by atoms with van der Waals surface area (Å²) in [5.74, 6) is 0.808. The van der Waals surface area contributed by atoms with E-state index in [2.05, 4.69) is 15.0 Å². The second-order valence-corrected chi connectivity index (χ2v) is 12.0. The minimum Gasteiger partial charge on any atom is -0.455 e. The zero-order chi connectivity index (χ0) is 28.3. The lowest BCUT2D eigenvalue weighted by Gasteiger charge is -2.21. The molecule has 0 saturated heterocycles. The van der Waals surface area contributed by atoms with Gasteiger partial charge in [0.2, 0.25) is 10.0 Å². The van der Waals surface area contributed by atoms with Crippen LogP contribution in [0.1, 0.15) is 31.1 Å². The first-order chi connectivity index (χ1) is 19.1. The third-order valence-corrected chi connectivity index (χ3v) is 7.87. The number of amides is 1. The van der Waals surface area contributed by atoms with Crippen molar-refractivity contribution in [3.63, 3.8) is 0 Å². The van der Waals surface area contributed by atoms with Gasteiger partial charge in [-0.25, -0.2) is 13.1 Å². The number of hydrogen-bond donors (Lipinski definition) is 2. The molecular formula is C32H29N3O4S. The van der Waals surface area contributed by atoms with E-state index in [-0.39, 0.29) is 10.8 Å². The molecule has 0 aliphatic heterocycles. The Morgan fingerprint density at radius 2 is 1.55 bits per heavy atom. The maximum absolute atomic E-state index is 13.1. The van der Waals surface area contributed by atoms with Crippen LogP contribution in [0.4, 0.5) is 5.69 Å². The normalized spacial score (nSPS) is 11.8. The van der Waals surface area contributed by atoms with E-state index in [1.54, 1.807) is 93.8 Å². The second kappa shape index (κ2) is 10.9. The molecule has 0 radical (unpaired) electrons. The fraction of sp³-hybridized carbons (Fsp3) is 0.125. The van der Waals surface area contributed by atoms with Crippen LogP contribution in [0.2, 0.25) is 0 Å². The molecule has 5 rings (SSSR count). The number of hydrogen-bond acceptors (Lipinski definition) is 5. The molecule has 0 saturated carbocycles. The molecule has 0 unspecified atom stereocenters. The smallest absolute Gasteiger partial charge is 0.255 e. The van der Waals surface area contributed by atoms with Crippen LogP contribution in [-0.2, 0) is 10.0 Å². The summed E-state index contributed by atoms with van der Waals surface area (Å²) in [6, 6.07) is 28.5. The zero-order valence-electron chi connectivity index (χ0n) is 22.4. The molecule has 202 valence electrons.